The van der Waals surface area contributed by atoms with E-state index in [0.717, 1.165) is 12.1 Å². The van der Waals surface area contributed by atoms with Crippen LogP contribution in [0, 0.1) is 18.6 Å². The molecule has 3 aromatic rings. The highest BCUT2D eigenvalue weighted by atomic mass is 35.5. The summed E-state index contributed by atoms with van der Waals surface area (Å²) in [5.74, 6) is -2.11. The molecule has 0 aliphatic rings. The number of halogens is 3. The third-order valence-electron chi connectivity index (χ3n) is 5.04. The summed E-state index contributed by atoms with van der Waals surface area (Å²) < 4.78 is 27.0. The molecule has 3 aromatic carbocycles. The average Bonchev–Trinajstić information content (AvgIpc) is 2.78. The Kier molecular flexibility index (Phi) is 8.14. The van der Waals surface area contributed by atoms with Crippen LogP contribution in [0.4, 0.5) is 20.2 Å². The van der Waals surface area contributed by atoms with Crippen molar-refractivity contribution in [2.45, 2.75) is 19.8 Å². The van der Waals surface area contributed by atoms with E-state index in [2.05, 4.69) is 10.6 Å². The second kappa shape index (κ2) is 11.0. The predicted octanol–water partition coefficient (Wildman–Crippen LogP) is 5.40. The number of aliphatic hydroxyl groups is 1. The zero-order chi connectivity index (χ0) is 24.0. The van der Waals surface area contributed by atoms with Crippen molar-refractivity contribution in [3.8, 4) is 0 Å². The van der Waals surface area contributed by atoms with Gasteiger partial charge in [0.05, 0.1) is 10.7 Å². The second-order valence-electron chi connectivity index (χ2n) is 7.49. The molecule has 0 aliphatic heterocycles. The standard InChI is InChI=1S/C25H23ClF2N2O3/c1-15-4-5-16(25(33)29-10-2-3-11-31)12-20(15)24(32)19-8-7-18(14-21(19)26)30-23-9-6-17(27)13-22(23)28/h4-9,12-14,30-31H,2-3,10-11H2,1H3,(H,29,33). The largest absolute Gasteiger partial charge is 0.396 e. The SMILES string of the molecule is Cc1ccc(C(=O)NCCCCO)cc1C(=O)c1ccc(Nc2ccc(F)cc2F)cc1Cl. The van der Waals surface area contributed by atoms with Crippen LogP contribution in [-0.4, -0.2) is 29.9 Å². The van der Waals surface area contributed by atoms with Crippen LogP contribution in [-0.2, 0) is 0 Å². The van der Waals surface area contributed by atoms with Gasteiger partial charge < -0.3 is 15.7 Å². The van der Waals surface area contributed by atoms with Crippen LogP contribution < -0.4 is 10.6 Å². The van der Waals surface area contributed by atoms with Gasteiger partial charge in [-0.1, -0.05) is 17.7 Å². The van der Waals surface area contributed by atoms with Crippen molar-refractivity contribution < 1.29 is 23.5 Å². The first-order valence-corrected chi connectivity index (χ1v) is 10.7. The maximum Gasteiger partial charge on any atom is 0.251 e. The lowest BCUT2D eigenvalue weighted by Gasteiger charge is -2.12. The van der Waals surface area contributed by atoms with Gasteiger partial charge in [-0.3, -0.25) is 9.59 Å². The zero-order valence-electron chi connectivity index (χ0n) is 17.9. The predicted molar refractivity (Wildman–Crippen MR) is 124 cm³/mol. The monoisotopic (exact) mass is 472 g/mol. The minimum Gasteiger partial charge on any atom is -0.396 e. The van der Waals surface area contributed by atoms with Gasteiger partial charge in [0.25, 0.3) is 5.91 Å². The van der Waals surface area contributed by atoms with E-state index < -0.39 is 11.6 Å². The van der Waals surface area contributed by atoms with E-state index in [-0.39, 0.29) is 34.6 Å². The fraction of sp³-hybridized carbons (Fsp3) is 0.200. The van der Waals surface area contributed by atoms with Crippen LogP contribution in [0.3, 0.4) is 0 Å². The Morgan fingerprint density at radius 1 is 0.970 bits per heavy atom. The smallest absolute Gasteiger partial charge is 0.251 e. The van der Waals surface area contributed by atoms with Crippen molar-refractivity contribution in [3.05, 3.63) is 93.5 Å². The summed E-state index contributed by atoms with van der Waals surface area (Å²) in [7, 11) is 0. The van der Waals surface area contributed by atoms with Gasteiger partial charge in [-0.05, 0) is 67.8 Å². The summed E-state index contributed by atoms with van der Waals surface area (Å²) in [5, 5.41) is 14.5. The molecule has 0 bridgehead atoms. The summed E-state index contributed by atoms with van der Waals surface area (Å²) >= 11 is 6.34. The number of nitrogens with one attached hydrogen (secondary N) is 2. The number of unbranched alkanes of at least 4 members (excludes halogenated alkanes) is 1. The number of aryl methyl sites for hydroxylation is 1. The normalized spacial score (nSPS) is 10.7. The Hall–Kier alpha value is -3.29. The Bertz CT molecular complexity index is 1180. The summed E-state index contributed by atoms with van der Waals surface area (Å²) in [6.07, 6.45) is 1.24. The second-order valence-corrected chi connectivity index (χ2v) is 7.90. The Morgan fingerprint density at radius 3 is 2.45 bits per heavy atom. The zero-order valence-corrected chi connectivity index (χ0v) is 18.7. The molecule has 33 heavy (non-hydrogen) atoms. The topological polar surface area (TPSA) is 78.4 Å². The number of benzene rings is 3. The van der Waals surface area contributed by atoms with Crippen molar-refractivity contribution in [1.29, 1.82) is 0 Å². The molecule has 5 nitrogen and oxygen atoms in total. The van der Waals surface area contributed by atoms with Crippen LogP contribution in [0.5, 0.6) is 0 Å². The van der Waals surface area contributed by atoms with E-state index in [9.17, 15) is 18.4 Å². The summed E-state index contributed by atoms with van der Waals surface area (Å²) in [6.45, 7) is 2.25. The van der Waals surface area contributed by atoms with Crippen LogP contribution in [0.25, 0.3) is 0 Å². The lowest BCUT2D eigenvalue weighted by Crippen LogP contribution is -2.25. The van der Waals surface area contributed by atoms with Crippen LogP contribution in [0.1, 0.15) is 44.7 Å². The molecule has 3 rings (SSSR count). The van der Waals surface area contributed by atoms with Crippen molar-refractivity contribution >= 4 is 34.7 Å². The summed E-state index contributed by atoms with van der Waals surface area (Å²) in [4.78, 5) is 25.5. The molecule has 0 aromatic heterocycles. The molecule has 0 radical (unpaired) electrons. The Morgan fingerprint density at radius 2 is 1.76 bits per heavy atom. The van der Waals surface area contributed by atoms with Crippen molar-refractivity contribution in [3.63, 3.8) is 0 Å². The highest BCUT2D eigenvalue weighted by Crippen LogP contribution is 2.28. The Labute approximate surface area is 195 Å². The minimum atomic E-state index is -0.756. The highest BCUT2D eigenvalue weighted by molar-refractivity contribution is 6.35. The van der Waals surface area contributed by atoms with E-state index in [4.69, 9.17) is 16.7 Å². The number of hydrogen-bond donors (Lipinski definition) is 3. The molecule has 0 heterocycles. The first-order valence-electron chi connectivity index (χ1n) is 10.4. The number of hydrogen-bond acceptors (Lipinski definition) is 4. The van der Waals surface area contributed by atoms with Gasteiger partial charge in [0.15, 0.2) is 5.78 Å². The minimum absolute atomic E-state index is 0.0625. The van der Waals surface area contributed by atoms with Gasteiger partial charge in [-0.15, -0.1) is 0 Å². The number of anilines is 2. The quantitative estimate of drug-likeness (QED) is 0.287. The van der Waals surface area contributed by atoms with Gasteiger partial charge in [-0.25, -0.2) is 8.78 Å². The molecule has 8 heteroatoms. The number of aliphatic hydroxyl groups excluding tert-OH is 1. The van der Waals surface area contributed by atoms with Crippen LogP contribution >= 0.6 is 11.6 Å². The molecular formula is C25H23ClF2N2O3. The molecule has 172 valence electrons. The highest BCUT2D eigenvalue weighted by Gasteiger charge is 2.18. The lowest BCUT2D eigenvalue weighted by molar-refractivity contribution is 0.0952. The van der Waals surface area contributed by atoms with Crippen molar-refractivity contribution in [2.24, 2.45) is 0 Å². The van der Waals surface area contributed by atoms with Gasteiger partial charge in [0.1, 0.15) is 11.6 Å². The number of carbonyl (C=O) groups excluding carboxylic acids is 2. The van der Waals surface area contributed by atoms with Crippen LogP contribution in [0.15, 0.2) is 54.6 Å². The molecule has 0 fully saturated rings. The van der Waals surface area contributed by atoms with Crippen molar-refractivity contribution in [1.82, 2.24) is 5.32 Å². The van der Waals surface area contributed by atoms with Gasteiger partial charge in [0.2, 0.25) is 0 Å². The maximum absolute atomic E-state index is 13.9. The average molecular weight is 473 g/mol. The van der Waals surface area contributed by atoms with E-state index >= 15 is 0 Å². The van der Waals surface area contributed by atoms with Crippen molar-refractivity contribution in [2.75, 3.05) is 18.5 Å². The molecule has 0 spiro atoms. The number of rotatable bonds is 9. The van der Waals surface area contributed by atoms with Gasteiger partial charge >= 0.3 is 0 Å². The summed E-state index contributed by atoms with van der Waals surface area (Å²) in [5.41, 5.74) is 2.09. The third kappa shape index (κ3) is 6.15. The molecule has 0 aliphatic carbocycles. The number of ketones is 1. The fourth-order valence-electron chi connectivity index (χ4n) is 3.22. The molecule has 3 N–H and O–H groups in total. The van der Waals surface area contributed by atoms with E-state index in [1.54, 1.807) is 25.1 Å². The molecule has 0 saturated carbocycles. The van der Waals surface area contributed by atoms with Crippen LogP contribution in [0.2, 0.25) is 5.02 Å². The Balaban J connectivity index is 1.79. The molecule has 0 saturated heterocycles. The molecular weight excluding hydrogens is 450 g/mol. The number of carbonyl (C=O) groups is 2. The van der Waals surface area contributed by atoms with Gasteiger partial charge in [-0.2, -0.15) is 0 Å². The summed E-state index contributed by atoms with van der Waals surface area (Å²) in [6, 6.07) is 12.6. The lowest BCUT2D eigenvalue weighted by atomic mass is 9.96. The first-order chi connectivity index (χ1) is 15.8. The first kappa shape index (κ1) is 24.4. The molecule has 0 unspecified atom stereocenters. The third-order valence-corrected chi connectivity index (χ3v) is 5.35. The molecule has 0 atom stereocenters. The molecule has 1 amide bonds. The fourth-order valence-corrected chi connectivity index (χ4v) is 3.48. The maximum atomic E-state index is 13.9. The van der Waals surface area contributed by atoms with E-state index in [1.165, 1.54) is 24.3 Å². The number of amides is 1. The van der Waals surface area contributed by atoms with E-state index in [1.807, 2.05) is 0 Å². The van der Waals surface area contributed by atoms with E-state index in [0.29, 0.717) is 41.8 Å². The van der Waals surface area contributed by atoms with Gasteiger partial charge in [0, 0.05) is 41.6 Å².